The predicted molar refractivity (Wildman–Crippen MR) is 124 cm³/mol. The normalized spacial score (nSPS) is 13.2. The fourth-order valence-electron chi connectivity index (χ4n) is 4.13. The number of hydrogen-bond acceptors (Lipinski definition) is 3. The summed E-state index contributed by atoms with van der Waals surface area (Å²) in [4.78, 5) is 27.5. The van der Waals surface area contributed by atoms with E-state index in [0.717, 1.165) is 23.3 Å². The molecule has 6 nitrogen and oxygen atoms in total. The first-order valence-corrected chi connectivity index (χ1v) is 11.0. The van der Waals surface area contributed by atoms with Gasteiger partial charge in [-0.25, -0.2) is 0 Å². The number of amides is 2. The molecule has 166 valence electrons. The summed E-state index contributed by atoms with van der Waals surface area (Å²) in [7, 11) is 3.68. The average Bonchev–Trinajstić information content (AvgIpc) is 3.46. The number of rotatable bonds is 8. The van der Waals surface area contributed by atoms with E-state index in [1.54, 1.807) is 15.5 Å². The molecule has 0 saturated heterocycles. The summed E-state index contributed by atoms with van der Waals surface area (Å²) in [6, 6.07) is 19.4. The molecule has 0 spiro atoms. The molecule has 2 heterocycles. The molecule has 32 heavy (non-hydrogen) atoms. The summed E-state index contributed by atoms with van der Waals surface area (Å²) in [6.45, 7) is 1.15. The smallest absolute Gasteiger partial charge is 0.267 e. The third-order valence-electron chi connectivity index (χ3n) is 6.06. The molecular formula is C26H29N3O3. The van der Waals surface area contributed by atoms with E-state index >= 15 is 0 Å². The topological polar surface area (TPSA) is 63.6 Å². The van der Waals surface area contributed by atoms with Crippen molar-refractivity contribution >= 4 is 11.8 Å². The van der Waals surface area contributed by atoms with E-state index in [0.29, 0.717) is 37.3 Å². The highest BCUT2D eigenvalue weighted by molar-refractivity contribution is 5.95. The maximum atomic E-state index is 13.3. The monoisotopic (exact) mass is 431 g/mol. The first-order chi connectivity index (χ1) is 15.5. The molecule has 3 aromatic rings. The number of ether oxygens (including phenoxy) is 1. The van der Waals surface area contributed by atoms with E-state index in [9.17, 15) is 9.59 Å². The van der Waals surface area contributed by atoms with E-state index in [1.165, 1.54) is 0 Å². The van der Waals surface area contributed by atoms with Gasteiger partial charge in [0.25, 0.3) is 11.8 Å². The van der Waals surface area contributed by atoms with Crippen LogP contribution in [-0.4, -0.2) is 47.5 Å². The largest absolute Gasteiger partial charge is 0.493 e. The van der Waals surface area contributed by atoms with Gasteiger partial charge < -0.3 is 19.5 Å². The zero-order valence-corrected chi connectivity index (χ0v) is 18.6. The summed E-state index contributed by atoms with van der Waals surface area (Å²) in [5.41, 5.74) is 3.54. The lowest BCUT2D eigenvalue weighted by molar-refractivity contribution is 0.0722. The highest BCUT2D eigenvalue weighted by Gasteiger charge is 2.24. The van der Waals surface area contributed by atoms with Gasteiger partial charge in [0, 0.05) is 44.9 Å². The van der Waals surface area contributed by atoms with Gasteiger partial charge >= 0.3 is 0 Å². The van der Waals surface area contributed by atoms with E-state index in [4.69, 9.17) is 4.74 Å². The Morgan fingerprint density at radius 1 is 1.12 bits per heavy atom. The fourth-order valence-corrected chi connectivity index (χ4v) is 4.13. The fraction of sp³-hybridized carbons (Fsp3) is 0.308. The van der Waals surface area contributed by atoms with Crippen molar-refractivity contribution in [2.24, 2.45) is 7.05 Å². The molecule has 0 unspecified atom stereocenters. The van der Waals surface area contributed by atoms with Gasteiger partial charge in [-0.2, -0.15) is 0 Å². The maximum Gasteiger partial charge on any atom is 0.267 e. The third kappa shape index (κ3) is 4.85. The first-order valence-electron chi connectivity index (χ1n) is 11.0. The van der Waals surface area contributed by atoms with Crippen LogP contribution in [0.3, 0.4) is 0 Å². The quantitative estimate of drug-likeness (QED) is 0.594. The summed E-state index contributed by atoms with van der Waals surface area (Å²) < 4.78 is 7.44. The van der Waals surface area contributed by atoms with Crippen LogP contribution in [0, 0.1) is 0 Å². The third-order valence-corrected chi connectivity index (χ3v) is 6.06. The van der Waals surface area contributed by atoms with Crippen molar-refractivity contribution in [2.75, 3.05) is 20.2 Å². The van der Waals surface area contributed by atoms with Crippen LogP contribution in [0.2, 0.25) is 0 Å². The SMILES string of the molecule is CN(C(=O)c1ccc2c(c1)OCC2)[C@H](CCNC(=O)c1cccn1C)Cc1ccccc1. The van der Waals surface area contributed by atoms with Crippen molar-refractivity contribution in [1.82, 2.24) is 14.8 Å². The highest BCUT2D eigenvalue weighted by atomic mass is 16.5. The Labute approximate surface area is 188 Å². The molecule has 1 aliphatic rings. The van der Waals surface area contributed by atoms with Crippen molar-refractivity contribution in [3.05, 3.63) is 89.2 Å². The van der Waals surface area contributed by atoms with Gasteiger partial charge in [-0.05, 0) is 48.2 Å². The van der Waals surface area contributed by atoms with Crippen LogP contribution < -0.4 is 10.1 Å². The molecule has 1 atom stereocenters. The summed E-state index contributed by atoms with van der Waals surface area (Å²) >= 11 is 0. The van der Waals surface area contributed by atoms with Crippen molar-refractivity contribution in [3.63, 3.8) is 0 Å². The standard InChI is InChI=1S/C26H29N3O3/c1-28-15-6-9-23(28)25(30)27-14-12-22(17-19-7-4-3-5-8-19)29(2)26(31)21-11-10-20-13-16-32-24(20)18-21/h3-11,15,18,22H,12-14,16-17H2,1-2H3,(H,27,30)/t22-/m1/s1. The number of nitrogens with one attached hydrogen (secondary N) is 1. The lowest BCUT2D eigenvalue weighted by Gasteiger charge is -2.29. The van der Waals surface area contributed by atoms with Crippen LogP contribution >= 0.6 is 0 Å². The summed E-state index contributed by atoms with van der Waals surface area (Å²) in [5.74, 6) is 0.650. The van der Waals surface area contributed by atoms with Gasteiger partial charge in [0.2, 0.25) is 0 Å². The van der Waals surface area contributed by atoms with Crippen LogP contribution in [0.4, 0.5) is 0 Å². The van der Waals surface area contributed by atoms with Gasteiger partial charge in [0.15, 0.2) is 0 Å². The van der Waals surface area contributed by atoms with Crippen LogP contribution in [0.15, 0.2) is 66.9 Å². The minimum Gasteiger partial charge on any atom is -0.493 e. The molecule has 0 fully saturated rings. The van der Waals surface area contributed by atoms with Crippen LogP contribution in [-0.2, 0) is 19.9 Å². The zero-order valence-electron chi connectivity index (χ0n) is 18.6. The van der Waals surface area contributed by atoms with E-state index in [2.05, 4.69) is 17.4 Å². The lowest BCUT2D eigenvalue weighted by atomic mass is 10.0. The number of likely N-dealkylation sites (N-methyl/N-ethyl adjacent to an activating group) is 1. The number of benzene rings is 2. The van der Waals surface area contributed by atoms with Crippen molar-refractivity contribution in [1.29, 1.82) is 0 Å². The van der Waals surface area contributed by atoms with Crippen molar-refractivity contribution in [3.8, 4) is 5.75 Å². The number of carbonyl (C=O) groups is 2. The Bertz CT molecular complexity index is 1090. The van der Waals surface area contributed by atoms with Crippen LogP contribution in [0.5, 0.6) is 5.75 Å². The highest BCUT2D eigenvalue weighted by Crippen LogP contribution is 2.27. The first kappa shape index (κ1) is 21.7. The second-order valence-corrected chi connectivity index (χ2v) is 8.23. The molecule has 4 rings (SSSR count). The summed E-state index contributed by atoms with van der Waals surface area (Å²) in [5, 5.41) is 2.99. The van der Waals surface area contributed by atoms with E-state index in [-0.39, 0.29) is 17.9 Å². The zero-order chi connectivity index (χ0) is 22.5. The average molecular weight is 432 g/mol. The number of carbonyl (C=O) groups excluding carboxylic acids is 2. The number of fused-ring (bicyclic) bond motifs is 1. The molecule has 2 amide bonds. The Balaban J connectivity index is 1.46. The molecule has 1 aliphatic heterocycles. The minimum atomic E-state index is -0.110. The van der Waals surface area contributed by atoms with Crippen molar-refractivity contribution < 1.29 is 14.3 Å². The molecule has 0 bridgehead atoms. The second kappa shape index (κ2) is 9.73. The molecule has 0 aliphatic carbocycles. The van der Waals surface area contributed by atoms with Gasteiger partial charge in [0.05, 0.1) is 6.61 Å². The Morgan fingerprint density at radius 3 is 2.69 bits per heavy atom. The van der Waals surface area contributed by atoms with Crippen LogP contribution in [0.1, 0.15) is 38.4 Å². The number of nitrogens with zero attached hydrogens (tertiary/aromatic N) is 2. The minimum absolute atomic E-state index is 0.0435. The molecular weight excluding hydrogens is 402 g/mol. The van der Waals surface area contributed by atoms with Gasteiger partial charge in [0.1, 0.15) is 11.4 Å². The van der Waals surface area contributed by atoms with Crippen molar-refractivity contribution in [2.45, 2.75) is 25.3 Å². The molecule has 1 aromatic heterocycles. The van der Waals surface area contributed by atoms with Gasteiger partial charge in [-0.1, -0.05) is 36.4 Å². The lowest BCUT2D eigenvalue weighted by Crippen LogP contribution is -2.41. The Kier molecular flexibility index (Phi) is 6.59. The van der Waals surface area contributed by atoms with Crippen LogP contribution in [0.25, 0.3) is 0 Å². The number of hydrogen-bond donors (Lipinski definition) is 1. The molecule has 6 heteroatoms. The maximum absolute atomic E-state index is 13.3. The molecule has 2 aromatic carbocycles. The Morgan fingerprint density at radius 2 is 1.94 bits per heavy atom. The van der Waals surface area contributed by atoms with E-state index < -0.39 is 0 Å². The van der Waals surface area contributed by atoms with Gasteiger partial charge in [-0.15, -0.1) is 0 Å². The predicted octanol–water partition coefficient (Wildman–Crippen LogP) is 3.46. The van der Waals surface area contributed by atoms with Gasteiger partial charge in [-0.3, -0.25) is 9.59 Å². The molecule has 0 radical (unpaired) electrons. The summed E-state index contributed by atoms with van der Waals surface area (Å²) in [6.07, 6.45) is 4.09. The van der Waals surface area contributed by atoms with E-state index in [1.807, 2.05) is 62.8 Å². The Hall–Kier alpha value is -3.54. The number of aromatic nitrogens is 1. The molecule has 0 saturated carbocycles. The molecule has 1 N–H and O–H groups in total. The second-order valence-electron chi connectivity index (χ2n) is 8.23. The number of aryl methyl sites for hydroxylation is 1.